The van der Waals surface area contributed by atoms with E-state index < -0.39 is 6.10 Å². The predicted molar refractivity (Wildman–Crippen MR) is 88.7 cm³/mol. The lowest BCUT2D eigenvalue weighted by Crippen LogP contribution is -2.57. The van der Waals surface area contributed by atoms with E-state index in [2.05, 4.69) is 20.8 Å². The van der Waals surface area contributed by atoms with Gasteiger partial charge in [0.25, 0.3) is 0 Å². The molecule has 0 spiro atoms. The second-order valence-corrected chi connectivity index (χ2v) is 9.22. The van der Waals surface area contributed by atoms with Crippen LogP contribution in [-0.4, -0.2) is 28.2 Å². The molecule has 0 saturated heterocycles. The third-order valence-corrected chi connectivity index (χ3v) is 8.34. The average Bonchev–Trinajstić information content (AvgIpc) is 2.78. The van der Waals surface area contributed by atoms with Crippen LogP contribution in [0.5, 0.6) is 0 Å². The van der Waals surface area contributed by atoms with Gasteiger partial charge in [0.15, 0.2) is 5.78 Å². The average molecular weight is 318 g/mol. The van der Waals surface area contributed by atoms with Gasteiger partial charge in [0.2, 0.25) is 0 Å². The quantitative estimate of drug-likeness (QED) is 0.721. The number of rotatable bonds is 0. The van der Waals surface area contributed by atoms with Crippen LogP contribution >= 0.6 is 0 Å². The highest BCUT2D eigenvalue weighted by molar-refractivity contribution is 5.92. The first-order valence-electron chi connectivity index (χ1n) is 9.39. The van der Waals surface area contributed by atoms with E-state index in [0.29, 0.717) is 23.7 Å². The van der Waals surface area contributed by atoms with Gasteiger partial charge in [-0.2, -0.15) is 0 Å². The van der Waals surface area contributed by atoms with Crippen molar-refractivity contribution in [3.63, 3.8) is 0 Å². The number of fused-ring (bicyclic) bond motifs is 5. The minimum atomic E-state index is -0.541. The summed E-state index contributed by atoms with van der Waals surface area (Å²) in [4.78, 5) is 12.0. The Balaban J connectivity index is 1.76. The van der Waals surface area contributed by atoms with Crippen molar-refractivity contribution in [1.29, 1.82) is 0 Å². The van der Waals surface area contributed by atoms with Gasteiger partial charge in [-0.1, -0.05) is 26.3 Å². The molecule has 0 aromatic carbocycles. The van der Waals surface area contributed by atoms with Crippen molar-refractivity contribution >= 4 is 5.78 Å². The summed E-state index contributed by atoms with van der Waals surface area (Å²) >= 11 is 0. The summed E-state index contributed by atoms with van der Waals surface area (Å²) in [5.41, 5.74) is 1.02. The minimum absolute atomic E-state index is 0.0634. The van der Waals surface area contributed by atoms with E-state index in [0.717, 1.165) is 32.1 Å². The van der Waals surface area contributed by atoms with Gasteiger partial charge in [0.1, 0.15) is 0 Å². The maximum atomic E-state index is 12.0. The number of aliphatic hydroxyl groups excluding tert-OH is 2. The Bertz CT molecular complexity index is 567. The largest absolute Gasteiger partial charge is 0.393 e. The lowest BCUT2D eigenvalue weighted by molar-refractivity contribution is -0.132. The molecular weight excluding hydrogens is 288 g/mol. The summed E-state index contributed by atoms with van der Waals surface area (Å²) < 4.78 is 0. The Morgan fingerprint density at radius 1 is 1.09 bits per heavy atom. The highest BCUT2D eigenvalue weighted by atomic mass is 16.3. The molecule has 4 aliphatic carbocycles. The van der Waals surface area contributed by atoms with Crippen LogP contribution in [0.25, 0.3) is 0 Å². The lowest BCUT2D eigenvalue weighted by atomic mass is 9.45. The number of hydrogen-bond donors (Lipinski definition) is 2. The first-order valence-corrected chi connectivity index (χ1v) is 9.39. The highest BCUT2D eigenvalue weighted by Gasteiger charge is 2.61. The maximum Gasteiger partial charge on any atom is 0.158 e. The zero-order valence-electron chi connectivity index (χ0n) is 14.6. The Morgan fingerprint density at radius 3 is 2.57 bits per heavy atom. The smallest absolute Gasteiger partial charge is 0.158 e. The van der Waals surface area contributed by atoms with Gasteiger partial charge in [0.05, 0.1) is 12.2 Å². The number of hydrogen-bond acceptors (Lipinski definition) is 3. The van der Waals surface area contributed by atoms with Crippen molar-refractivity contribution in [1.82, 2.24) is 0 Å². The molecule has 0 amide bonds. The third-order valence-electron chi connectivity index (χ3n) is 8.34. The Hall–Kier alpha value is -0.670. The molecular formula is C20H30O3. The second kappa shape index (κ2) is 4.92. The van der Waals surface area contributed by atoms with Crippen LogP contribution in [0.3, 0.4) is 0 Å². The van der Waals surface area contributed by atoms with Crippen LogP contribution in [0.4, 0.5) is 0 Å². The molecule has 2 N–H and O–H groups in total. The van der Waals surface area contributed by atoms with E-state index >= 15 is 0 Å². The topological polar surface area (TPSA) is 57.5 Å². The normalized spacial score (nSPS) is 55.7. The number of carbonyl (C=O) groups excluding carboxylic acids is 1. The molecule has 4 rings (SSSR count). The van der Waals surface area contributed by atoms with Crippen molar-refractivity contribution in [3.8, 4) is 0 Å². The van der Waals surface area contributed by atoms with Crippen LogP contribution in [0.1, 0.15) is 59.3 Å². The zero-order valence-corrected chi connectivity index (χ0v) is 14.6. The molecule has 3 heteroatoms. The Kier molecular flexibility index (Phi) is 3.39. The van der Waals surface area contributed by atoms with Gasteiger partial charge in [0, 0.05) is 11.8 Å². The lowest BCUT2D eigenvalue weighted by Gasteiger charge is -2.60. The summed E-state index contributed by atoms with van der Waals surface area (Å²) in [5, 5.41) is 21.4. The zero-order chi connectivity index (χ0) is 16.6. The van der Waals surface area contributed by atoms with Crippen LogP contribution in [0.15, 0.2) is 11.6 Å². The molecule has 0 heterocycles. The summed E-state index contributed by atoms with van der Waals surface area (Å²) in [6.45, 7) is 6.71. The van der Waals surface area contributed by atoms with E-state index in [1.54, 1.807) is 0 Å². The fourth-order valence-electron chi connectivity index (χ4n) is 6.99. The molecule has 128 valence electrons. The Morgan fingerprint density at radius 2 is 1.83 bits per heavy atom. The number of aliphatic hydroxyl groups is 2. The van der Waals surface area contributed by atoms with Gasteiger partial charge in [-0.15, -0.1) is 0 Å². The highest BCUT2D eigenvalue weighted by Crippen LogP contribution is 2.66. The molecule has 0 aromatic rings. The molecule has 3 nitrogen and oxygen atoms in total. The van der Waals surface area contributed by atoms with Gasteiger partial charge in [-0.3, -0.25) is 4.79 Å². The van der Waals surface area contributed by atoms with Gasteiger partial charge in [-0.25, -0.2) is 0 Å². The van der Waals surface area contributed by atoms with Gasteiger partial charge in [-0.05, 0) is 67.3 Å². The van der Waals surface area contributed by atoms with Crippen molar-refractivity contribution in [3.05, 3.63) is 11.6 Å². The second-order valence-electron chi connectivity index (χ2n) is 9.22. The minimum Gasteiger partial charge on any atom is -0.393 e. The SMILES string of the molecule is C[C@H]1C[C@H]2[C@@H]3CC[C@H](O)[C@@]3(C)CC[C@@H]2[C@]2(C)C1=CC(=O)CC2O. The van der Waals surface area contributed by atoms with E-state index in [1.165, 1.54) is 5.57 Å². The number of carbonyl (C=O) groups is 1. The predicted octanol–water partition coefficient (Wildman–Crippen LogP) is 3.10. The fraction of sp³-hybridized carbons (Fsp3) is 0.850. The van der Waals surface area contributed by atoms with Crippen molar-refractivity contribution < 1.29 is 15.0 Å². The van der Waals surface area contributed by atoms with Crippen LogP contribution < -0.4 is 0 Å². The van der Waals surface area contributed by atoms with Gasteiger partial charge >= 0.3 is 0 Å². The molecule has 23 heavy (non-hydrogen) atoms. The van der Waals surface area contributed by atoms with E-state index in [9.17, 15) is 15.0 Å². The summed E-state index contributed by atoms with van der Waals surface area (Å²) in [7, 11) is 0. The molecule has 4 aliphatic rings. The standard InChI is InChI=1S/C20H30O3/c1-11-8-13-14-4-5-17(22)19(14,2)7-6-15(13)20(3)16(11)9-12(21)10-18(20)23/h9,11,13-15,17-18,22-23H,4-8,10H2,1-3H3/t11-,13-,14-,15-,17-,18?,19-,20+/m0/s1. The van der Waals surface area contributed by atoms with Crippen molar-refractivity contribution in [2.45, 2.75) is 71.5 Å². The van der Waals surface area contributed by atoms with Crippen molar-refractivity contribution in [2.24, 2.45) is 34.5 Å². The molecule has 3 saturated carbocycles. The fourth-order valence-corrected chi connectivity index (χ4v) is 6.99. The monoisotopic (exact) mass is 318 g/mol. The molecule has 0 aromatic heterocycles. The third kappa shape index (κ3) is 1.93. The van der Waals surface area contributed by atoms with Crippen LogP contribution in [-0.2, 0) is 4.79 Å². The molecule has 8 atom stereocenters. The van der Waals surface area contributed by atoms with E-state index in [4.69, 9.17) is 0 Å². The van der Waals surface area contributed by atoms with Crippen molar-refractivity contribution in [2.75, 3.05) is 0 Å². The molecule has 0 bridgehead atoms. The maximum absolute atomic E-state index is 12.0. The van der Waals surface area contributed by atoms with Crippen LogP contribution in [0, 0.1) is 34.5 Å². The summed E-state index contributed by atoms with van der Waals surface area (Å²) in [5.74, 6) is 2.05. The molecule has 1 unspecified atom stereocenters. The summed E-state index contributed by atoms with van der Waals surface area (Å²) in [6.07, 6.45) is 6.71. The molecule has 0 radical (unpaired) electrons. The molecule has 0 aliphatic heterocycles. The first-order chi connectivity index (χ1) is 10.8. The van der Waals surface area contributed by atoms with E-state index in [1.807, 2.05) is 6.08 Å². The summed E-state index contributed by atoms with van der Waals surface area (Å²) in [6, 6.07) is 0. The first kappa shape index (κ1) is 15.8. The Labute approximate surface area is 139 Å². The van der Waals surface area contributed by atoms with E-state index in [-0.39, 0.29) is 29.1 Å². The van der Waals surface area contributed by atoms with Gasteiger partial charge < -0.3 is 10.2 Å². The molecule has 3 fully saturated rings. The number of ketones is 1. The van der Waals surface area contributed by atoms with Crippen LogP contribution in [0.2, 0.25) is 0 Å².